The van der Waals surface area contributed by atoms with Gasteiger partial charge in [-0.15, -0.1) is 0 Å². The fraction of sp³-hybridized carbons (Fsp3) is 0.385. The van der Waals surface area contributed by atoms with Gasteiger partial charge in [0.25, 0.3) is 0 Å². The molecule has 0 radical (unpaired) electrons. The van der Waals surface area contributed by atoms with Gasteiger partial charge in [-0.25, -0.2) is 0 Å². The van der Waals surface area contributed by atoms with E-state index in [1.807, 2.05) is 30.3 Å². The van der Waals surface area contributed by atoms with Gasteiger partial charge in [0.15, 0.2) is 5.82 Å². The van der Waals surface area contributed by atoms with Crippen molar-refractivity contribution in [2.24, 2.45) is 5.73 Å². The second kappa shape index (κ2) is 5.59. The van der Waals surface area contributed by atoms with Gasteiger partial charge in [0.2, 0.25) is 5.89 Å². The highest BCUT2D eigenvalue weighted by Gasteiger charge is 2.13. The molecule has 0 aliphatic rings. The molecule has 17 heavy (non-hydrogen) atoms. The van der Waals surface area contributed by atoms with Gasteiger partial charge >= 0.3 is 0 Å². The molecule has 0 bridgehead atoms. The zero-order valence-electron chi connectivity index (χ0n) is 9.97. The minimum absolute atomic E-state index is 0.142. The van der Waals surface area contributed by atoms with Gasteiger partial charge in [-0.1, -0.05) is 48.8 Å². The highest BCUT2D eigenvalue weighted by Crippen LogP contribution is 2.14. The number of nitrogens with two attached hydrogens (primary N) is 1. The Morgan fingerprint density at radius 1 is 1.29 bits per heavy atom. The van der Waals surface area contributed by atoms with Crippen molar-refractivity contribution < 1.29 is 4.52 Å². The van der Waals surface area contributed by atoms with E-state index >= 15 is 0 Å². The fourth-order valence-electron chi connectivity index (χ4n) is 1.70. The minimum atomic E-state index is -0.142. The summed E-state index contributed by atoms with van der Waals surface area (Å²) in [6.45, 7) is 2.08. The van der Waals surface area contributed by atoms with Crippen molar-refractivity contribution >= 4 is 0 Å². The van der Waals surface area contributed by atoms with Crippen molar-refractivity contribution in [3.05, 3.63) is 47.6 Å². The van der Waals surface area contributed by atoms with E-state index in [-0.39, 0.29) is 6.04 Å². The van der Waals surface area contributed by atoms with Crippen LogP contribution in [0.3, 0.4) is 0 Å². The van der Waals surface area contributed by atoms with Gasteiger partial charge in [-0.2, -0.15) is 4.98 Å². The largest absolute Gasteiger partial charge is 0.338 e. The Bertz CT molecular complexity index is 453. The molecular weight excluding hydrogens is 214 g/mol. The SMILES string of the molecule is CCC[C@H](N)c1nc(Cc2ccccc2)no1. The van der Waals surface area contributed by atoms with Crippen molar-refractivity contribution in [1.29, 1.82) is 0 Å². The third-order valence-electron chi connectivity index (χ3n) is 2.61. The van der Waals surface area contributed by atoms with Gasteiger partial charge in [-0.3, -0.25) is 0 Å². The molecule has 1 heterocycles. The van der Waals surface area contributed by atoms with Crippen LogP contribution in [0.25, 0.3) is 0 Å². The Hall–Kier alpha value is -1.68. The fourth-order valence-corrected chi connectivity index (χ4v) is 1.70. The van der Waals surface area contributed by atoms with Crippen molar-refractivity contribution in [2.75, 3.05) is 0 Å². The maximum atomic E-state index is 5.92. The number of hydrogen-bond donors (Lipinski definition) is 1. The lowest BCUT2D eigenvalue weighted by atomic mass is 10.1. The first kappa shape index (κ1) is 11.8. The Morgan fingerprint density at radius 2 is 2.06 bits per heavy atom. The summed E-state index contributed by atoms with van der Waals surface area (Å²) in [4.78, 5) is 4.32. The van der Waals surface area contributed by atoms with Crippen LogP contribution in [0.5, 0.6) is 0 Å². The van der Waals surface area contributed by atoms with Gasteiger partial charge < -0.3 is 10.3 Å². The summed E-state index contributed by atoms with van der Waals surface area (Å²) in [6, 6.07) is 9.93. The van der Waals surface area contributed by atoms with E-state index in [1.54, 1.807) is 0 Å². The molecule has 0 unspecified atom stereocenters. The maximum Gasteiger partial charge on any atom is 0.243 e. The van der Waals surface area contributed by atoms with E-state index in [4.69, 9.17) is 10.3 Å². The molecule has 90 valence electrons. The quantitative estimate of drug-likeness (QED) is 0.858. The van der Waals surface area contributed by atoms with E-state index in [0.29, 0.717) is 18.1 Å². The molecule has 4 heteroatoms. The summed E-state index contributed by atoms with van der Waals surface area (Å²) < 4.78 is 5.17. The summed E-state index contributed by atoms with van der Waals surface area (Å²) in [7, 11) is 0. The average molecular weight is 231 g/mol. The first-order valence-electron chi connectivity index (χ1n) is 5.91. The van der Waals surface area contributed by atoms with Crippen LogP contribution in [-0.4, -0.2) is 10.1 Å². The molecule has 4 nitrogen and oxygen atoms in total. The molecule has 1 aromatic carbocycles. The second-order valence-electron chi connectivity index (χ2n) is 4.11. The zero-order chi connectivity index (χ0) is 12.1. The lowest BCUT2D eigenvalue weighted by molar-refractivity contribution is 0.345. The first-order chi connectivity index (χ1) is 8.29. The van der Waals surface area contributed by atoms with Gasteiger partial charge in [0.05, 0.1) is 6.04 Å². The van der Waals surface area contributed by atoms with E-state index in [0.717, 1.165) is 12.8 Å². The molecule has 0 saturated heterocycles. The van der Waals surface area contributed by atoms with Crippen LogP contribution in [0.1, 0.15) is 43.1 Å². The van der Waals surface area contributed by atoms with Gasteiger partial charge in [0, 0.05) is 6.42 Å². The lowest BCUT2D eigenvalue weighted by Crippen LogP contribution is -2.10. The molecule has 2 rings (SSSR count). The Balaban J connectivity index is 2.04. The van der Waals surface area contributed by atoms with Gasteiger partial charge in [0.1, 0.15) is 0 Å². The monoisotopic (exact) mass is 231 g/mol. The predicted molar refractivity (Wildman–Crippen MR) is 65.4 cm³/mol. The normalized spacial score (nSPS) is 12.6. The topological polar surface area (TPSA) is 64.9 Å². The van der Waals surface area contributed by atoms with E-state index in [2.05, 4.69) is 17.1 Å². The van der Waals surface area contributed by atoms with E-state index in [9.17, 15) is 0 Å². The molecule has 0 saturated carbocycles. The average Bonchev–Trinajstić information content (AvgIpc) is 2.79. The third kappa shape index (κ3) is 3.14. The third-order valence-corrected chi connectivity index (χ3v) is 2.61. The molecule has 2 aromatic rings. The molecule has 0 fully saturated rings. The molecule has 0 aliphatic heterocycles. The Labute approximate surface area is 101 Å². The van der Waals surface area contributed by atoms with Crippen LogP contribution in [0.15, 0.2) is 34.9 Å². The van der Waals surface area contributed by atoms with Crippen molar-refractivity contribution in [1.82, 2.24) is 10.1 Å². The molecule has 1 atom stereocenters. The van der Waals surface area contributed by atoms with Crippen LogP contribution in [-0.2, 0) is 6.42 Å². The van der Waals surface area contributed by atoms with Gasteiger partial charge in [-0.05, 0) is 12.0 Å². The summed E-state index contributed by atoms with van der Waals surface area (Å²) in [6.07, 6.45) is 2.56. The van der Waals surface area contributed by atoms with Crippen LogP contribution >= 0.6 is 0 Å². The summed E-state index contributed by atoms with van der Waals surface area (Å²) >= 11 is 0. The lowest BCUT2D eigenvalue weighted by Gasteiger charge is -2.02. The Kier molecular flexibility index (Phi) is 3.88. The second-order valence-corrected chi connectivity index (χ2v) is 4.11. The number of benzene rings is 1. The number of hydrogen-bond acceptors (Lipinski definition) is 4. The van der Waals surface area contributed by atoms with Crippen molar-refractivity contribution in [3.8, 4) is 0 Å². The molecule has 1 aromatic heterocycles. The first-order valence-corrected chi connectivity index (χ1v) is 5.91. The summed E-state index contributed by atoms with van der Waals surface area (Å²) in [5.41, 5.74) is 7.09. The molecule has 0 aliphatic carbocycles. The molecule has 2 N–H and O–H groups in total. The highest BCUT2D eigenvalue weighted by atomic mass is 16.5. The smallest absolute Gasteiger partial charge is 0.243 e. The summed E-state index contributed by atoms with van der Waals surface area (Å²) in [5.74, 6) is 1.23. The van der Waals surface area contributed by atoms with Crippen LogP contribution in [0.4, 0.5) is 0 Å². The number of aromatic nitrogens is 2. The summed E-state index contributed by atoms with van der Waals surface area (Å²) in [5, 5.41) is 3.95. The van der Waals surface area contributed by atoms with Crippen LogP contribution in [0, 0.1) is 0 Å². The molecule has 0 spiro atoms. The zero-order valence-corrected chi connectivity index (χ0v) is 9.97. The minimum Gasteiger partial charge on any atom is -0.338 e. The molecule has 0 amide bonds. The van der Waals surface area contributed by atoms with E-state index in [1.165, 1.54) is 5.56 Å². The maximum absolute atomic E-state index is 5.92. The number of nitrogens with zero attached hydrogens (tertiary/aromatic N) is 2. The Morgan fingerprint density at radius 3 is 2.76 bits per heavy atom. The molecular formula is C13H17N3O. The predicted octanol–water partition coefficient (Wildman–Crippen LogP) is 2.46. The van der Waals surface area contributed by atoms with Crippen LogP contribution < -0.4 is 5.73 Å². The van der Waals surface area contributed by atoms with Crippen LogP contribution in [0.2, 0.25) is 0 Å². The highest BCUT2D eigenvalue weighted by molar-refractivity contribution is 5.18. The van der Waals surface area contributed by atoms with Crippen molar-refractivity contribution in [3.63, 3.8) is 0 Å². The van der Waals surface area contributed by atoms with Crippen molar-refractivity contribution in [2.45, 2.75) is 32.2 Å². The number of rotatable bonds is 5. The standard InChI is InChI=1S/C13H17N3O/c1-2-6-11(14)13-15-12(16-17-13)9-10-7-4-3-5-8-10/h3-5,7-8,11H,2,6,9,14H2,1H3/t11-/m0/s1. The van der Waals surface area contributed by atoms with E-state index < -0.39 is 0 Å².